The van der Waals surface area contributed by atoms with Crippen molar-refractivity contribution in [1.29, 1.82) is 0 Å². The summed E-state index contributed by atoms with van der Waals surface area (Å²) >= 11 is 0. The molecule has 3 aromatic rings. The Bertz CT molecular complexity index is 930. The summed E-state index contributed by atoms with van der Waals surface area (Å²) in [5.41, 5.74) is 4.51. The number of aromatic nitrogens is 2. The van der Waals surface area contributed by atoms with Crippen molar-refractivity contribution in [3.63, 3.8) is 0 Å². The molecule has 25 heavy (non-hydrogen) atoms. The second-order valence-corrected chi connectivity index (χ2v) is 6.13. The highest BCUT2D eigenvalue weighted by Crippen LogP contribution is 2.22. The molecule has 0 saturated carbocycles. The molecule has 0 bridgehead atoms. The zero-order valence-electron chi connectivity index (χ0n) is 14.5. The van der Waals surface area contributed by atoms with Gasteiger partial charge in [-0.1, -0.05) is 42.0 Å². The third-order valence-corrected chi connectivity index (χ3v) is 4.15. The van der Waals surface area contributed by atoms with Crippen LogP contribution in [0.4, 0.5) is 10.1 Å². The number of anilines is 1. The number of nitrogens with zero attached hydrogens (tertiary/aromatic N) is 2. The highest BCUT2D eigenvalue weighted by molar-refractivity contribution is 6.05. The number of rotatable bonds is 4. The average molecular weight is 337 g/mol. The minimum atomic E-state index is -0.539. The van der Waals surface area contributed by atoms with E-state index < -0.39 is 11.7 Å². The standard InChI is InChI=1S/C20H20FN3O/c1-13-7-6-8-16(11-13)12-24-15(3)19(14(2)23-24)22-20(25)17-9-4-5-10-18(17)21/h4-11H,12H2,1-3H3,(H,22,25). The number of hydrogen-bond donors (Lipinski definition) is 1. The molecule has 0 unspecified atom stereocenters. The largest absolute Gasteiger partial charge is 0.319 e. The van der Waals surface area contributed by atoms with E-state index in [1.165, 1.54) is 17.7 Å². The maximum absolute atomic E-state index is 13.8. The molecule has 1 N–H and O–H groups in total. The lowest BCUT2D eigenvalue weighted by molar-refractivity contribution is 0.102. The lowest BCUT2D eigenvalue weighted by Crippen LogP contribution is -2.15. The van der Waals surface area contributed by atoms with Gasteiger partial charge in [0.2, 0.25) is 0 Å². The van der Waals surface area contributed by atoms with Crippen molar-refractivity contribution in [2.75, 3.05) is 5.32 Å². The Morgan fingerprint density at radius 1 is 1.12 bits per heavy atom. The summed E-state index contributed by atoms with van der Waals surface area (Å²) in [7, 11) is 0. The van der Waals surface area contributed by atoms with E-state index in [-0.39, 0.29) is 5.56 Å². The van der Waals surface area contributed by atoms with Gasteiger partial charge < -0.3 is 5.32 Å². The number of aryl methyl sites for hydroxylation is 2. The van der Waals surface area contributed by atoms with Crippen molar-refractivity contribution in [3.8, 4) is 0 Å². The summed E-state index contributed by atoms with van der Waals surface area (Å²) < 4.78 is 15.6. The number of carbonyl (C=O) groups is 1. The molecule has 0 aliphatic heterocycles. The molecule has 128 valence electrons. The van der Waals surface area contributed by atoms with Crippen LogP contribution >= 0.6 is 0 Å². The molecule has 3 rings (SSSR count). The molecule has 0 saturated heterocycles. The van der Waals surface area contributed by atoms with E-state index in [4.69, 9.17) is 0 Å². The van der Waals surface area contributed by atoms with Crippen molar-refractivity contribution in [3.05, 3.63) is 82.4 Å². The van der Waals surface area contributed by atoms with Gasteiger partial charge in [-0.25, -0.2) is 4.39 Å². The Balaban J connectivity index is 1.85. The van der Waals surface area contributed by atoms with Crippen LogP contribution in [0.5, 0.6) is 0 Å². The van der Waals surface area contributed by atoms with Crippen LogP contribution < -0.4 is 5.32 Å². The lowest BCUT2D eigenvalue weighted by atomic mass is 10.1. The van der Waals surface area contributed by atoms with Crippen molar-refractivity contribution in [1.82, 2.24) is 9.78 Å². The Morgan fingerprint density at radius 3 is 2.60 bits per heavy atom. The van der Waals surface area contributed by atoms with Crippen LogP contribution in [0.3, 0.4) is 0 Å². The van der Waals surface area contributed by atoms with Gasteiger partial charge in [0.05, 0.1) is 29.2 Å². The lowest BCUT2D eigenvalue weighted by Gasteiger charge is -2.08. The second-order valence-electron chi connectivity index (χ2n) is 6.13. The maximum atomic E-state index is 13.8. The molecule has 2 aromatic carbocycles. The number of hydrogen-bond acceptors (Lipinski definition) is 2. The van der Waals surface area contributed by atoms with Crippen molar-refractivity contribution in [2.24, 2.45) is 0 Å². The zero-order valence-corrected chi connectivity index (χ0v) is 14.5. The molecule has 0 spiro atoms. The first-order chi connectivity index (χ1) is 12.0. The molecule has 0 atom stereocenters. The van der Waals surface area contributed by atoms with E-state index in [1.807, 2.05) is 43.7 Å². The zero-order chi connectivity index (χ0) is 18.0. The number of halogens is 1. The van der Waals surface area contributed by atoms with E-state index in [2.05, 4.69) is 16.5 Å². The van der Waals surface area contributed by atoms with Crippen LogP contribution in [0.15, 0.2) is 48.5 Å². The minimum Gasteiger partial charge on any atom is -0.319 e. The SMILES string of the molecule is Cc1cccc(Cn2nc(C)c(NC(=O)c3ccccc3F)c2C)c1. The van der Waals surface area contributed by atoms with Gasteiger partial charge in [0.1, 0.15) is 5.82 Å². The highest BCUT2D eigenvalue weighted by Gasteiger charge is 2.17. The molecular weight excluding hydrogens is 317 g/mol. The molecule has 0 aliphatic rings. The van der Waals surface area contributed by atoms with Gasteiger partial charge in [0.25, 0.3) is 5.91 Å². The fourth-order valence-corrected chi connectivity index (χ4v) is 2.84. The molecule has 5 heteroatoms. The Labute approximate surface area is 146 Å². The number of amides is 1. The van der Waals surface area contributed by atoms with Crippen molar-refractivity contribution < 1.29 is 9.18 Å². The number of benzene rings is 2. The van der Waals surface area contributed by atoms with E-state index in [0.29, 0.717) is 17.9 Å². The van der Waals surface area contributed by atoms with E-state index in [1.54, 1.807) is 12.1 Å². The summed E-state index contributed by atoms with van der Waals surface area (Å²) in [5, 5.41) is 7.30. The van der Waals surface area contributed by atoms with Crippen LogP contribution in [0.1, 0.15) is 32.9 Å². The first-order valence-corrected chi connectivity index (χ1v) is 8.11. The molecule has 1 heterocycles. The fourth-order valence-electron chi connectivity index (χ4n) is 2.84. The first kappa shape index (κ1) is 16.9. The predicted molar refractivity (Wildman–Crippen MR) is 96.3 cm³/mol. The van der Waals surface area contributed by atoms with Gasteiger partial charge >= 0.3 is 0 Å². The van der Waals surface area contributed by atoms with Crippen molar-refractivity contribution >= 4 is 11.6 Å². The van der Waals surface area contributed by atoms with E-state index in [9.17, 15) is 9.18 Å². The maximum Gasteiger partial charge on any atom is 0.258 e. The van der Waals surface area contributed by atoms with Gasteiger partial charge in [-0.2, -0.15) is 5.10 Å². The molecule has 1 amide bonds. The third kappa shape index (κ3) is 3.60. The van der Waals surface area contributed by atoms with Crippen LogP contribution in [-0.4, -0.2) is 15.7 Å². The normalized spacial score (nSPS) is 10.7. The second kappa shape index (κ2) is 6.89. The average Bonchev–Trinajstić information content (AvgIpc) is 2.83. The van der Waals surface area contributed by atoms with Crippen LogP contribution in [0.25, 0.3) is 0 Å². The Hall–Kier alpha value is -2.95. The topological polar surface area (TPSA) is 46.9 Å². The van der Waals surface area contributed by atoms with E-state index >= 15 is 0 Å². The summed E-state index contributed by atoms with van der Waals surface area (Å²) in [5.74, 6) is -1.01. The third-order valence-electron chi connectivity index (χ3n) is 4.15. The monoisotopic (exact) mass is 337 g/mol. The Morgan fingerprint density at radius 2 is 1.88 bits per heavy atom. The quantitative estimate of drug-likeness (QED) is 0.774. The minimum absolute atomic E-state index is 0.0211. The molecule has 0 fully saturated rings. The van der Waals surface area contributed by atoms with Gasteiger partial charge in [-0.15, -0.1) is 0 Å². The predicted octanol–water partition coefficient (Wildman–Crippen LogP) is 4.25. The summed E-state index contributed by atoms with van der Waals surface area (Å²) in [6.07, 6.45) is 0. The summed E-state index contributed by atoms with van der Waals surface area (Å²) in [6, 6.07) is 14.1. The number of carbonyl (C=O) groups excluding carboxylic acids is 1. The van der Waals surface area contributed by atoms with Crippen molar-refractivity contribution in [2.45, 2.75) is 27.3 Å². The van der Waals surface area contributed by atoms with Gasteiger partial charge in [-0.3, -0.25) is 9.48 Å². The Kier molecular flexibility index (Phi) is 4.65. The molecule has 4 nitrogen and oxygen atoms in total. The highest BCUT2D eigenvalue weighted by atomic mass is 19.1. The van der Waals surface area contributed by atoms with Crippen LogP contribution in [-0.2, 0) is 6.54 Å². The molecular formula is C20H20FN3O. The number of nitrogens with one attached hydrogen (secondary N) is 1. The van der Waals surface area contributed by atoms with Gasteiger partial charge in [0, 0.05) is 0 Å². The fraction of sp³-hybridized carbons (Fsp3) is 0.200. The summed E-state index contributed by atoms with van der Waals surface area (Å²) in [4.78, 5) is 12.4. The molecule has 1 aromatic heterocycles. The van der Waals surface area contributed by atoms with Gasteiger partial charge in [-0.05, 0) is 38.5 Å². The van der Waals surface area contributed by atoms with E-state index in [0.717, 1.165) is 11.3 Å². The van der Waals surface area contributed by atoms with Gasteiger partial charge in [0.15, 0.2) is 0 Å². The molecule has 0 radical (unpaired) electrons. The van der Waals surface area contributed by atoms with Crippen LogP contribution in [0, 0.1) is 26.6 Å². The first-order valence-electron chi connectivity index (χ1n) is 8.11. The molecule has 0 aliphatic carbocycles. The van der Waals surface area contributed by atoms with Crippen LogP contribution in [0.2, 0.25) is 0 Å². The summed E-state index contributed by atoms with van der Waals surface area (Å²) in [6.45, 7) is 6.39. The smallest absolute Gasteiger partial charge is 0.258 e.